The summed E-state index contributed by atoms with van der Waals surface area (Å²) >= 11 is 0. The molecule has 90 valence electrons. The zero-order valence-electron chi connectivity index (χ0n) is 9.57. The van der Waals surface area contributed by atoms with Crippen LogP contribution in [0.1, 0.15) is 19.4 Å². The molecule has 0 aliphatic rings. The molecule has 0 bridgehead atoms. The first kappa shape index (κ1) is 13.0. The van der Waals surface area contributed by atoms with Gasteiger partial charge in [0.15, 0.2) is 6.61 Å². The van der Waals surface area contributed by atoms with Gasteiger partial charge in [-0.2, -0.15) is 5.26 Å². The van der Waals surface area contributed by atoms with Crippen molar-refractivity contribution < 1.29 is 18.7 Å². The highest BCUT2D eigenvalue weighted by Gasteiger charge is 2.08. The van der Waals surface area contributed by atoms with Crippen molar-refractivity contribution in [1.82, 2.24) is 0 Å². The van der Waals surface area contributed by atoms with E-state index in [-0.39, 0.29) is 24.0 Å². The van der Waals surface area contributed by atoms with Crippen molar-refractivity contribution in [1.29, 1.82) is 5.26 Å². The lowest BCUT2D eigenvalue weighted by atomic mass is 10.2. The predicted molar refractivity (Wildman–Crippen MR) is 57.8 cm³/mol. The molecule has 0 saturated heterocycles. The van der Waals surface area contributed by atoms with Crippen LogP contribution in [0, 0.1) is 17.1 Å². The minimum atomic E-state index is -0.678. The molecule has 0 atom stereocenters. The number of hydrogen-bond acceptors (Lipinski definition) is 4. The number of hydrogen-bond donors (Lipinski definition) is 0. The van der Waals surface area contributed by atoms with E-state index in [1.54, 1.807) is 19.9 Å². The molecule has 0 unspecified atom stereocenters. The Balaban J connectivity index is 2.56. The lowest BCUT2D eigenvalue weighted by Crippen LogP contribution is -2.18. The molecule has 0 saturated carbocycles. The third-order valence-electron chi connectivity index (χ3n) is 1.78. The van der Waals surface area contributed by atoms with Crippen molar-refractivity contribution in [3.8, 4) is 11.8 Å². The van der Waals surface area contributed by atoms with Crippen molar-refractivity contribution in [3.63, 3.8) is 0 Å². The second kappa shape index (κ2) is 5.85. The predicted octanol–water partition coefficient (Wildman–Crippen LogP) is 2.03. The Morgan fingerprint density at radius 1 is 1.53 bits per heavy atom. The van der Waals surface area contributed by atoms with Gasteiger partial charge >= 0.3 is 5.97 Å². The lowest BCUT2D eigenvalue weighted by Gasteiger charge is -2.09. The van der Waals surface area contributed by atoms with Gasteiger partial charge in [-0.1, -0.05) is 0 Å². The molecule has 1 aromatic rings. The molecular formula is C12H12FNO3. The third kappa shape index (κ3) is 4.11. The molecule has 0 aliphatic carbocycles. The number of benzene rings is 1. The molecule has 0 fully saturated rings. The van der Waals surface area contributed by atoms with Gasteiger partial charge in [-0.05, 0) is 26.0 Å². The normalized spacial score (nSPS) is 9.82. The van der Waals surface area contributed by atoms with Crippen LogP contribution < -0.4 is 4.74 Å². The number of nitrogens with zero attached hydrogens (tertiary/aromatic N) is 1. The van der Waals surface area contributed by atoms with Crippen molar-refractivity contribution in [3.05, 3.63) is 29.6 Å². The molecule has 0 amide bonds. The zero-order chi connectivity index (χ0) is 12.8. The fourth-order valence-corrected chi connectivity index (χ4v) is 1.12. The molecule has 0 aliphatic heterocycles. The molecule has 1 aromatic carbocycles. The quantitative estimate of drug-likeness (QED) is 0.752. The Morgan fingerprint density at radius 3 is 2.76 bits per heavy atom. The van der Waals surface area contributed by atoms with Crippen LogP contribution in [-0.4, -0.2) is 18.7 Å². The standard InChI is InChI=1S/C12H12FNO3/c1-8(2)17-12(15)7-16-10-4-3-9(6-14)11(13)5-10/h3-5,8H,7H2,1-2H3. The van der Waals surface area contributed by atoms with E-state index < -0.39 is 11.8 Å². The summed E-state index contributed by atoms with van der Waals surface area (Å²) in [5, 5.41) is 8.52. The topological polar surface area (TPSA) is 59.3 Å². The molecule has 1 rings (SSSR count). The third-order valence-corrected chi connectivity index (χ3v) is 1.78. The smallest absolute Gasteiger partial charge is 0.344 e. The van der Waals surface area contributed by atoms with E-state index >= 15 is 0 Å². The summed E-state index contributed by atoms with van der Waals surface area (Å²) in [7, 11) is 0. The van der Waals surface area contributed by atoms with Crippen LogP contribution in [0.25, 0.3) is 0 Å². The minimum Gasteiger partial charge on any atom is -0.482 e. The number of ether oxygens (including phenoxy) is 2. The van der Waals surface area contributed by atoms with Gasteiger partial charge in [0.1, 0.15) is 17.6 Å². The lowest BCUT2D eigenvalue weighted by molar-refractivity contribution is -0.149. The maximum absolute atomic E-state index is 13.2. The van der Waals surface area contributed by atoms with E-state index in [0.717, 1.165) is 6.07 Å². The highest BCUT2D eigenvalue weighted by molar-refractivity contribution is 5.71. The first-order chi connectivity index (χ1) is 8.02. The van der Waals surface area contributed by atoms with Gasteiger partial charge in [0.2, 0.25) is 0 Å². The highest BCUT2D eigenvalue weighted by atomic mass is 19.1. The van der Waals surface area contributed by atoms with E-state index in [1.165, 1.54) is 12.1 Å². The van der Waals surface area contributed by atoms with E-state index in [4.69, 9.17) is 14.7 Å². The zero-order valence-corrected chi connectivity index (χ0v) is 9.57. The van der Waals surface area contributed by atoms with Crippen LogP contribution in [0.3, 0.4) is 0 Å². The first-order valence-corrected chi connectivity index (χ1v) is 5.05. The summed E-state index contributed by atoms with van der Waals surface area (Å²) in [4.78, 5) is 11.1. The molecule has 5 heteroatoms. The number of carbonyl (C=O) groups is 1. The summed E-state index contributed by atoms with van der Waals surface area (Å²) in [6.45, 7) is 3.15. The van der Waals surface area contributed by atoms with E-state index in [0.29, 0.717) is 0 Å². The number of rotatable bonds is 4. The summed E-state index contributed by atoms with van der Waals surface area (Å²) in [6.07, 6.45) is -0.219. The highest BCUT2D eigenvalue weighted by Crippen LogP contribution is 2.15. The van der Waals surface area contributed by atoms with Crippen molar-refractivity contribution in [2.75, 3.05) is 6.61 Å². The van der Waals surface area contributed by atoms with Crippen molar-refractivity contribution in [2.45, 2.75) is 20.0 Å². The summed E-state index contributed by atoms with van der Waals surface area (Å²) < 4.78 is 23.0. The van der Waals surface area contributed by atoms with E-state index in [9.17, 15) is 9.18 Å². The second-order valence-corrected chi connectivity index (χ2v) is 3.58. The Hall–Kier alpha value is -2.09. The molecule has 17 heavy (non-hydrogen) atoms. The van der Waals surface area contributed by atoms with Gasteiger partial charge in [0.25, 0.3) is 0 Å². The molecular weight excluding hydrogens is 225 g/mol. The number of nitriles is 1. The largest absolute Gasteiger partial charge is 0.482 e. The van der Waals surface area contributed by atoms with Crippen LogP contribution in [0.5, 0.6) is 5.75 Å². The maximum Gasteiger partial charge on any atom is 0.344 e. The van der Waals surface area contributed by atoms with Gasteiger partial charge in [-0.3, -0.25) is 0 Å². The molecule has 0 spiro atoms. The number of carbonyl (C=O) groups excluding carboxylic acids is 1. The molecule has 0 N–H and O–H groups in total. The average Bonchev–Trinajstić information content (AvgIpc) is 2.25. The first-order valence-electron chi connectivity index (χ1n) is 5.05. The summed E-state index contributed by atoms with van der Waals surface area (Å²) in [6, 6.07) is 5.46. The van der Waals surface area contributed by atoms with Gasteiger partial charge in [0, 0.05) is 6.07 Å². The fraction of sp³-hybridized carbons (Fsp3) is 0.333. The van der Waals surface area contributed by atoms with Gasteiger partial charge in [0.05, 0.1) is 11.7 Å². The van der Waals surface area contributed by atoms with Crippen molar-refractivity contribution in [2.24, 2.45) is 0 Å². The van der Waals surface area contributed by atoms with Crippen molar-refractivity contribution >= 4 is 5.97 Å². The fourth-order valence-electron chi connectivity index (χ4n) is 1.12. The van der Waals surface area contributed by atoms with Gasteiger partial charge in [-0.15, -0.1) is 0 Å². The SMILES string of the molecule is CC(C)OC(=O)COc1ccc(C#N)c(F)c1. The van der Waals surface area contributed by atoms with Crippen LogP contribution in [0.15, 0.2) is 18.2 Å². The molecule has 0 radical (unpaired) electrons. The summed E-state index contributed by atoms with van der Waals surface area (Å²) in [5.41, 5.74) is -0.0675. The Kier molecular flexibility index (Phi) is 4.46. The molecule has 4 nitrogen and oxygen atoms in total. The molecule has 0 aromatic heterocycles. The molecule has 0 heterocycles. The average molecular weight is 237 g/mol. The number of halogens is 1. The van der Waals surface area contributed by atoms with E-state index in [1.807, 2.05) is 0 Å². The van der Waals surface area contributed by atoms with Gasteiger partial charge in [-0.25, -0.2) is 9.18 Å². The number of esters is 1. The Morgan fingerprint density at radius 2 is 2.24 bits per heavy atom. The summed E-state index contributed by atoms with van der Waals surface area (Å²) in [5.74, 6) is -1.02. The van der Waals surface area contributed by atoms with E-state index in [2.05, 4.69) is 0 Å². The monoisotopic (exact) mass is 237 g/mol. The maximum atomic E-state index is 13.2. The van der Waals surface area contributed by atoms with Crippen LogP contribution in [0.4, 0.5) is 4.39 Å². The minimum absolute atomic E-state index is 0.0675. The Bertz CT molecular complexity index is 452. The van der Waals surface area contributed by atoms with Crippen LogP contribution in [-0.2, 0) is 9.53 Å². The van der Waals surface area contributed by atoms with Gasteiger partial charge < -0.3 is 9.47 Å². The second-order valence-electron chi connectivity index (χ2n) is 3.58. The van der Waals surface area contributed by atoms with Crippen LogP contribution >= 0.6 is 0 Å². The van der Waals surface area contributed by atoms with Crippen LogP contribution in [0.2, 0.25) is 0 Å². The Labute approximate surface area is 98.6 Å².